The van der Waals surface area contributed by atoms with Crippen molar-refractivity contribution < 1.29 is 0 Å². The Bertz CT molecular complexity index is 3360. The third-order valence-electron chi connectivity index (χ3n) is 11.9. The number of nitrogens with zero attached hydrogens (tertiary/aromatic N) is 3. The lowest BCUT2D eigenvalue weighted by Crippen LogP contribution is -2.46. The molecule has 4 nitrogen and oxygen atoms in total. The number of fused-ring (bicyclic) bond motifs is 9. The number of benzene rings is 8. The summed E-state index contributed by atoms with van der Waals surface area (Å²) in [6.45, 7) is 0. The van der Waals surface area contributed by atoms with Gasteiger partial charge >= 0.3 is 0 Å². The first kappa shape index (κ1) is 33.6. The molecule has 12 rings (SSSR count). The molecule has 0 saturated carbocycles. The van der Waals surface area contributed by atoms with E-state index < -0.39 is 0 Å². The van der Waals surface area contributed by atoms with Crippen LogP contribution in [0.3, 0.4) is 0 Å². The largest absolute Gasteiger partial charge is 0.340 e. The topological polar surface area (TPSA) is 32.6 Å². The number of rotatable bonds is 5. The fourth-order valence-corrected chi connectivity index (χ4v) is 11.7. The van der Waals surface area contributed by atoms with Crippen molar-refractivity contribution in [2.45, 2.75) is 12.3 Å². The average Bonchev–Trinajstić information content (AvgIpc) is 3.97. The van der Waals surface area contributed by atoms with Crippen molar-refractivity contribution in [2.24, 2.45) is 4.99 Å². The molecule has 11 aromatic rings. The lowest BCUT2D eigenvalue weighted by atomic mass is 9.93. The SMILES string of the molecule is CN1C(c2cccc3sc4cccc(-c5cccc6sc7cccc(-n8c9ccccc9c9ccccc98)c7c56)c4c23)=NC(c2ccccc2)NC1c1ccccc1. The Morgan fingerprint density at radius 1 is 0.448 bits per heavy atom. The molecule has 0 saturated heterocycles. The fraction of sp³-hybridized carbons (Fsp3) is 0.0577. The van der Waals surface area contributed by atoms with Crippen molar-refractivity contribution >= 4 is 90.7 Å². The summed E-state index contributed by atoms with van der Waals surface area (Å²) >= 11 is 3.75. The van der Waals surface area contributed by atoms with Crippen LogP contribution in [-0.2, 0) is 0 Å². The maximum atomic E-state index is 5.53. The lowest BCUT2D eigenvalue weighted by molar-refractivity contribution is 0.257. The highest BCUT2D eigenvalue weighted by atomic mass is 32.1. The van der Waals surface area contributed by atoms with Crippen molar-refractivity contribution in [1.82, 2.24) is 14.8 Å². The minimum atomic E-state index is -0.206. The van der Waals surface area contributed by atoms with Gasteiger partial charge in [0.05, 0.1) is 16.7 Å². The Hall–Kier alpha value is -6.57. The monoisotopic (exact) mass is 780 g/mol. The summed E-state index contributed by atoms with van der Waals surface area (Å²) in [5, 5.41) is 11.5. The van der Waals surface area contributed by atoms with Crippen LogP contribution in [0, 0.1) is 0 Å². The molecule has 0 amide bonds. The molecule has 0 aliphatic carbocycles. The van der Waals surface area contributed by atoms with Gasteiger partial charge in [-0.25, -0.2) is 4.99 Å². The standard InChI is InChI=1S/C52H36N4S2/c1-55-51(33-18-6-3-7-19-33)53-50(32-16-4-2-5-17-32)54-52(55)38-24-14-30-44-48(38)46-36(22-12-28-42(46)57-44)37-23-13-29-43-47(37)49-41(27-15-31-45(49)58-43)56-39-25-10-8-20-34(39)35-21-9-11-26-40(35)56/h2-31,50-51,53H,1H3. The molecule has 276 valence electrons. The van der Waals surface area contributed by atoms with E-state index in [0.29, 0.717) is 0 Å². The van der Waals surface area contributed by atoms with Gasteiger partial charge in [0.2, 0.25) is 0 Å². The minimum Gasteiger partial charge on any atom is -0.340 e. The number of nitrogens with one attached hydrogen (secondary N) is 1. The molecule has 1 aliphatic heterocycles. The van der Waals surface area contributed by atoms with E-state index in [1.807, 2.05) is 22.7 Å². The van der Waals surface area contributed by atoms with E-state index in [1.54, 1.807) is 0 Å². The first-order chi connectivity index (χ1) is 28.7. The van der Waals surface area contributed by atoms with Crippen LogP contribution in [0.25, 0.3) is 79.0 Å². The van der Waals surface area contributed by atoms with Crippen molar-refractivity contribution in [3.8, 4) is 16.8 Å². The van der Waals surface area contributed by atoms with Crippen LogP contribution in [0.1, 0.15) is 29.0 Å². The number of amidine groups is 1. The van der Waals surface area contributed by atoms with E-state index in [0.717, 1.165) is 17.0 Å². The van der Waals surface area contributed by atoms with Crippen LogP contribution < -0.4 is 5.32 Å². The molecule has 0 fully saturated rings. The van der Waals surface area contributed by atoms with Gasteiger partial charge < -0.3 is 9.47 Å². The number of hydrogen-bond acceptors (Lipinski definition) is 5. The normalized spacial score (nSPS) is 16.0. The third kappa shape index (κ3) is 5.06. The predicted octanol–water partition coefficient (Wildman–Crippen LogP) is 13.9. The number of aliphatic imine (C=N–C) groups is 1. The van der Waals surface area contributed by atoms with Crippen LogP contribution in [0.5, 0.6) is 0 Å². The maximum Gasteiger partial charge on any atom is 0.134 e. The molecule has 1 aliphatic rings. The van der Waals surface area contributed by atoms with Crippen LogP contribution >= 0.6 is 22.7 Å². The zero-order chi connectivity index (χ0) is 38.3. The zero-order valence-electron chi connectivity index (χ0n) is 31.6. The fourth-order valence-electron chi connectivity index (χ4n) is 9.37. The summed E-state index contributed by atoms with van der Waals surface area (Å²) in [4.78, 5) is 7.85. The Balaban J connectivity index is 1.13. The van der Waals surface area contributed by atoms with Crippen LogP contribution in [-0.4, -0.2) is 22.4 Å². The molecule has 2 unspecified atom stereocenters. The molecule has 8 aromatic carbocycles. The summed E-state index contributed by atoms with van der Waals surface area (Å²) in [5.74, 6) is 0.981. The van der Waals surface area contributed by atoms with Crippen LogP contribution in [0.2, 0.25) is 0 Å². The minimum absolute atomic E-state index is 0.0660. The van der Waals surface area contributed by atoms with Gasteiger partial charge in [-0.15, -0.1) is 22.7 Å². The summed E-state index contributed by atoms with van der Waals surface area (Å²) < 4.78 is 7.59. The Morgan fingerprint density at radius 3 is 1.52 bits per heavy atom. The van der Waals surface area contributed by atoms with Gasteiger partial charge in [-0.1, -0.05) is 140 Å². The summed E-state index contributed by atoms with van der Waals surface area (Å²) in [6, 6.07) is 66.3. The summed E-state index contributed by atoms with van der Waals surface area (Å²) in [5.41, 5.74) is 9.65. The molecule has 0 bridgehead atoms. The molecule has 3 aromatic heterocycles. The quantitative estimate of drug-likeness (QED) is 0.189. The second kappa shape index (κ2) is 13.3. The molecule has 0 spiro atoms. The van der Waals surface area contributed by atoms with Gasteiger partial charge in [0.1, 0.15) is 18.2 Å². The van der Waals surface area contributed by atoms with Crippen molar-refractivity contribution in [2.75, 3.05) is 7.05 Å². The smallest absolute Gasteiger partial charge is 0.134 e. The molecular weight excluding hydrogens is 745 g/mol. The third-order valence-corrected chi connectivity index (χ3v) is 14.1. The zero-order valence-corrected chi connectivity index (χ0v) is 33.3. The first-order valence-corrected chi connectivity index (χ1v) is 21.4. The molecule has 58 heavy (non-hydrogen) atoms. The summed E-state index contributed by atoms with van der Waals surface area (Å²) in [6.07, 6.45) is -0.272. The van der Waals surface area contributed by atoms with Crippen LogP contribution in [0.15, 0.2) is 187 Å². The second-order valence-electron chi connectivity index (χ2n) is 15.1. The molecule has 2 atom stereocenters. The average molecular weight is 781 g/mol. The highest BCUT2D eigenvalue weighted by Gasteiger charge is 2.32. The Kier molecular flexibility index (Phi) is 7.67. The van der Waals surface area contributed by atoms with Gasteiger partial charge in [-0.2, -0.15) is 0 Å². The number of thiophene rings is 2. The van der Waals surface area contributed by atoms with E-state index in [1.165, 1.54) is 84.5 Å². The number of hydrogen-bond donors (Lipinski definition) is 1. The van der Waals surface area contributed by atoms with Gasteiger partial charge in [-0.05, 0) is 64.7 Å². The van der Waals surface area contributed by atoms with E-state index in [-0.39, 0.29) is 12.3 Å². The highest BCUT2D eigenvalue weighted by molar-refractivity contribution is 7.26. The number of aromatic nitrogens is 1. The van der Waals surface area contributed by atoms with Crippen molar-refractivity contribution in [3.63, 3.8) is 0 Å². The predicted molar refractivity (Wildman–Crippen MR) is 248 cm³/mol. The summed E-state index contributed by atoms with van der Waals surface area (Å²) in [7, 11) is 2.17. The second-order valence-corrected chi connectivity index (χ2v) is 17.3. The molecular formula is C52H36N4S2. The first-order valence-electron chi connectivity index (χ1n) is 19.8. The molecule has 0 radical (unpaired) electrons. The highest BCUT2D eigenvalue weighted by Crippen LogP contribution is 2.48. The Labute approximate surface area is 343 Å². The van der Waals surface area contributed by atoms with E-state index in [9.17, 15) is 0 Å². The van der Waals surface area contributed by atoms with Gasteiger partial charge in [0, 0.05) is 63.7 Å². The van der Waals surface area contributed by atoms with Crippen LogP contribution in [0.4, 0.5) is 0 Å². The molecule has 1 N–H and O–H groups in total. The van der Waals surface area contributed by atoms with Gasteiger partial charge in [-0.3, -0.25) is 5.32 Å². The van der Waals surface area contributed by atoms with Gasteiger partial charge in [0.15, 0.2) is 0 Å². The maximum absolute atomic E-state index is 5.53. The lowest BCUT2D eigenvalue weighted by Gasteiger charge is -2.39. The van der Waals surface area contributed by atoms with Crippen molar-refractivity contribution in [1.29, 1.82) is 0 Å². The van der Waals surface area contributed by atoms with E-state index in [2.05, 4.69) is 204 Å². The molecule has 4 heterocycles. The molecule has 6 heteroatoms. The van der Waals surface area contributed by atoms with E-state index in [4.69, 9.17) is 4.99 Å². The van der Waals surface area contributed by atoms with E-state index >= 15 is 0 Å². The Morgan fingerprint density at radius 2 is 0.914 bits per heavy atom. The van der Waals surface area contributed by atoms with Crippen molar-refractivity contribution in [3.05, 3.63) is 199 Å². The van der Waals surface area contributed by atoms with Gasteiger partial charge in [0.25, 0.3) is 0 Å². The number of para-hydroxylation sites is 2.